The number of carbonyl (C=O) groups is 1. The van der Waals surface area contributed by atoms with E-state index in [1.165, 1.54) is 44.0 Å². The molecule has 1 N–H and O–H groups in total. The fourth-order valence-electron chi connectivity index (χ4n) is 3.11. The quantitative estimate of drug-likeness (QED) is 0.423. The molecule has 0 saturated carbocycles. The number of benzene rings is 2. The van der Waals surface area contributed by atoms with Crippen molar-refractivity contribution in [2.45, 2.75) is 19.7 Å². The third-order valence-electron chi connectivity index (χ3n) is 4.59. The van der Waals surface area contributed by atoms with Crippen LogP contribution < -0.4 is 15.0 Å². The van der Waals surface area contributed by atoms with Crippen molar-refractivity contribution in [2.75, 3.05) is 14.2 Å². The van der Waals surface area contributed by atoms with Crippen LogP contribution in [0.2, 0.25) is 0 Å². The molecule has 0 aliphatic rings. The van der Waals surface area contributed by atoms with Crippen LogP contribution in [0.3, 0.4) is 0 Å². The summed E-state index contributed by atoms with van der Waals surface area (Å²) in [5.41, 5.74) is 0.0751. The topological polar surface area (TPSA) is 94.9 Å². The molecule has 0 bridgehead atoms. The minimum absolute atomic E-state index is 0.0260. The molecule has 0 aliphatic carbocycles. The number of aliphatic imine (C=N–C) groups is 1. The zero-order valence-corrected chi connectivity index (χ0v) is 17.9. The maximum atomic E-state index is 13.2. The Kier molecular flexibility index (Phi) is 6.90. The predicted octanol–water partition coefficient (Wildman–Crippen LogP) is 3.93. The second-order valence-electron chi connectivity index (χ2n) is 6.77. The molecule has 3 rings (SSSR count). The van der Waals surface area contributed by atoms with E-state index in [1.807, 2.05) is 0 Å². The Morgan fingerprint density at radius 3 is 2.36 bits per heavy atom. The van der Waals surface area contributed by atoms with Crippen molar-refractivity contribution in [1.29, 1.82) is 0 Å². The van der Waals surface area contributed by atoms with Crippen LogP contribution in [0, 0.1) is 0 Å². The van der Waals surface area contributed by atoms with Crippen molar-refractivity contribution in [3.63, 3.8) is 0 Å². The largest absolute Gasteiger partial charge is 0.573 e. The van der Waals surface area contributed by atoms with Gasteiger partial charge in [-0.15, -0.1) is 13.2 Å². The number of carbonyl (C=O) groups excluding carboxylic acids is 1. The number of nitrogens with one attached hydrogen (secondary N) is 1. The van der Waals surface area contributed by atoms with E-state index in [-0.39, 0.29) is 29.1 Å². The van der Waals surface area contributed by atoms with Gasteiger partial charge in [0.15, 0.2) is 5.75 Å². The summed E-state index contributed by atoms with van der Waals surface area (Å²) >= 11 is 0. The lowest BCUT2D eigenvalue weighted by Crippen LogP contribution is -2.20. The third-order valence-corrected chi connectivity index (χ3v) is 4.59. The number of rotatable bonds is 7. The van der Waals surface area contributed by atoms with Gasteiger partial charge in [0.25, 0.3) is 5.56 Å². The van der Waals surface area contributed by atoms with Crippen LogP contribution in [0.4, 0.5) is 18.9 Å². The van der Waals surface area contributed by atoms with Crippen molar-refractivity contribution in [1.82, 2.24) is 9.78 Å². The molecular weight excluding hydrogens is 443 g/mol. The van der Waals surface area contributed by atoms with Gasteiger partial charge in [0.05, 0.1) is 43.3 Å². The van der Waals surface area contributed by atoms with E-state index < -0.39 is 23.6 Å². The lowest BCUT2D eigenvalue weighted by molar-refractivity contribution is -0.274. The molecule has 0 atom stereocenters. The molecule has 8 nitrogen and oxygen atoms in total. The number of hydrogen-bond acceptors (Lipinski definition) is 6. The van der Waals surface area contributed by atoms with Gasteiger partial charge < -0.3 is 14.2 Å². The highest BCUT2D eigenvalue weighted by Crippen LogP contribution is 2.32. The highest BCUT2D eigenvalue weighted by Gasteiger charge is 2.32. The van der Waals surface area contributed by atoms with E-state index >= 15 is 0 Å². The van der Waals surface area contributed by atoms with Gasteiger partial charge in [-0.3, -0.25) is 14.7 Å². The number of para-hydroxylation sites is 2. The van der Waals surface area contributed by atoms with Crippen LogP contribution in [-0.2, 0) is 16.0 Å². The molecule has 0 fully saturated rings. The summed E-state index contributed by atoms with van der Waals surface area (Å²) in [6, 6.07) is 11.8. The highest BCUT2D eigenvalue weighted by atomic mass is 19.4. The average Bonchev–Trinajstić information content (AvgIpc) is 3.09. The van der Waals surface area contributed by atoms with Crippen molar-refractivity contribution >= 4 is 17.4 Å². The lowest BCUT2D eigenvalue weighted by atomic mass is 10.1. The first-order valence-corrected chi connectivity index (χ1v) is 9.58. The molecule has 0 saturated heterocycles. The maximum Gasteiger partial charge on any atom is 0.573 e. The molecule has 0 spiro atoms. The molecule has 11 heteroatoms. The van der Waals surface area contributed by atoms with Crippen LogP contribution in [0.25, 0.3) is 5.69 Å². The molecule has 33 heavy (non-hydrogen) atoms. The van der Waals surface area contributed by atoms with Crippen LogP contribution in [0.15, 0.2) is 58.3 Å². The number of aromatic amines is 1. The first-order valence-electron chi connectivity index (χ1n) is 9.58. The number of ether oxygens (including phenoxy) is 3. The zero-order chi connectivity index (χ0) is 24.2. The minimum atomic E-state index is -4.91. The first-order chi connectivity index (χ1) is 15.6. The van der Waals surface area contributed by atoms with Gasteiger partial charge in [-0.2, -0.15) is 0 Å². The molecule has 0 unspecified atom stereocenters. The monoisotopic (exact) mass is 463 g/mol. The molecule has 0 aliphatic heterocycles. The van der Waals surface area contributed by atoms with Crippen molar-refractivity contribution in [3.05, 3.63) is 70.1 Å². The summed E-state index contributed by atoms with van der Waals surface area (Å²) in [7, 11) is 2.70. The number of esters is 1. The molecule has 174 valence electrons. The SMILES string of the molecule is COC(=O)Cc1[nH]n(-c2ccc(OC)cc2)c(=O)c1C(C)=Nc1ccccc1OC(F)(F)F. The first kappa shape index (κ1) is 23.6. The Labute approximate surface area is 186 Å². The molecule has 1 aromatic heterocycles. The van der Waals surface area contributed by atoms with Crippen LogP contribution in [-0.4, -0.2) is 42.0 Å². The Bertz CT molecular complexity index is 1230. The van der Waals surface area contributed by atoms with Crippen molar-refractivity contribution in [3.8, 4) is 17.2 Å². The predicted molar refractivity (Wildman–Crippen MR) is 114 cm³/mol. The smallest absolute Gasteiger partial charge is 0.497 e. The normalized spacial score (nSPS) is 11.9. The summed E-state index contributed by atoms with van der Waals surface area (Å²) in [5, 5.41) is 2.86. The Morgan fingerprint density at radius 1 is 1.09 bits per heavy atom. The van der Waals surface area contributed by atoms with Crippen molar-refractivity contribution in [2.24, 2.45) is 4.99 Å². The second kappa shape index (κ2) is 9.63. The fraction of sp³-hybridized carbons (Fsp3) is 0.227. The Morgan fingerprint density at radius 2 is 1.76 bits per heavy atom. The number of aromatic nitrogens is 2. The van der Waals surface area contributed by atoms with Gasteiger partial charge in [0.2, 0.25) is 0 Å². The maximum absolute atomic E-state index is 13.2. The number of H-pyrrole nitrogens is 1. The second-order valence-corrected chi connectivity index (χ2v) is 6.77. The van der Waals surface area contributed by atoms with E-state index in [9.17, 15) is 22.8 Å². The number of halogens is 3. The van der Waals surface area contributed by atoms with Gasteiger partial charge in [0.1, 0.15) is 11.4 Å². The summed E-state index contributed by atoms with van der Waals surface area (Å²) in [6.07, 6.45) is -5.19. The Balaban J connectivity index is 2.12. The number of nitrogens with zero attached hydrogens (tertiary/aromatic N) is 2. The molecule has 1 heterocycles. The number of methoxy groups -OCH3 is 2. The molecule has 2 aromatic carbocycles. The molecule has 0 radical (unpaired) electrons. The van der Waals surface area contributed by atoms with E-state index in [2.05, 4.69) is 14.8 Å². The van der Waals surface area contributed by atoms with Gasteiger partial charge in [-0.1, -0.05) is 12.1 Å². The van der Waals surface area contributed by atoms with Gasteiger partial charge in [-0.05, 0) is 43.3 Å². The number of alkyl halides is 3. The van der Waals surface area contributed by atoms with Crippen molar-refractivity contribution < 1.29 is 32.2 Å². The summed E-state index contributed by atoms with van der Waals surface area (Å²) in [5.74, 6) is -0.565. The Hall–Kier alpha value is -4.02. The van der Waals surface area contributed by atoms with E-state index in [4.69, 9.17) is 9.47 Å². The van der Waals surface area contributed by atoms with E-state index in [1.54, 1.807) is 24.3 Å². The zero-order valence-electron chi connectivity index (χ0n) is 17.9. The minimum Gasteiger partial charge on any atom is -0.497 e. The lowest BCUT2D eigenvalue weighted by Gasteiger charge is -2.11. The van der Waals surface area contributed by atoms with Crippen LogP contribution in [0.5, 0.6) is 11.5 Å². The summed E-state index contributed by atoms with van der Waals surface area (Å²) in [4.78, 5) is 29.3. The van der Waals surface area contributed by atoms with E-state index in [0.717, 1.165) is 6.07 Å². The van der Waals surface area contributed by atoms with Crippen LogP contribution in [0.1, 0.15) is 18.2 Å². The number of hydrogen-bond donors (Lipinski definition) is 1. The molecule has 0 amide bonds. The summed E-state index contributed by atoms with van der Waals surface area (Å²) in [6.45, 7) is 1.45. The molecule has 3 aromatic rings. The third kappa shape index (κ3) is 5.62. The van der Waals surface area contributed by atoms with Crippen LogP contribution >= 0.6 is 0 Å². The standard InChI is InChI=1S/C22H20F3N3O5/c1-13(26-16-6-4-5-7-18(16)33-22(23,24)25)20-17(12-19(29)32-3)27-28(21(20)30)14-8-10-15(31-2)11-9-14/h4-11,27H,12H2,1-3H3. The molecular formula is C22H20F3N3O5. The van der Waals surface area contributed by atoms with Gasteiger partial charge in [-0.25, -0.2) is 9.67 Å². The highest BCUT2D eigenvalue weighted by molar-refractivity contribution is 6.02. The van der Waals surface area contributed by atoms with E-state index in [0.29, 0.717) is 11.4 Å². The average molecular weight is 463 g/mol. The van der Waals surface area contributed by atoms with Gasteiger partial charge in [0, 0.05) is 0 Å². The summed E-state index contributed by atoms with van der Waals surface area (Å²) < 4.78 is 53.3. The fourth-order valence-corrected chi connectivity index (χ4v) is 3.11. The van der Waals surface area contributed by atoms with Gasteiger partial charge >= 0.3 is 12.3 Å².